The molecular formula is C36H68O9. The van der Waals surface area contributed by atoms with Crippen molar-refractivity contribution in [3.63, 3.8) is 0 Å². The molecule has 0 rings (SSSR count). The predicted octanol–water partition coefficient (Wildman–Crippen LogP) is 8.86. The molecule has 2 N–H and O–H groups in total. The summed E-state index contributed by atoms with van der Waals surface area (Å²) in [4.78, 5) is 46.3. The fourth-order valence-corrected chi connectivity index (χ4v) is 4.54. The summed E-state index contributed by atoms with van der Waals surface area (Å²) in [5.74, 6) is -3.14. The molecule has 0 unspecified atom stereocenters. The molecule has 9 nitrogen and oxygen atoms in total. The number of carbonyl (C=O) groups is 4. The molecule has 0 aromatic rings. The van der Waals surface area contributed by atoms with Crippen LogP contribution in [0.15, 0.2) is 0 Å². The highest BCUT2D eigenvalue weighted by molar-refractivity contribution is 5.90. The Labute approximate surface area is 274 Å². The number of aliphatic hydroxyl groups is 1. The van der Waals surface area contributed by atoms with E-state index < -0.39 is 42.3 Å². The number of unbranched alkanes of at least 4 members (excludes halogenated alkanes) is 17. The van der Waals surface area contributed by atoms with E-state index in [0.29, 0.717) is 25.7 Å². The quantitative estimate of drug-likeness (QED) is 0.0446. The van der Waals surface area contributed by atoms with Crippen LogP contribution in [0.5, 0.6) is 0 Å². The van der Waals surface area contributed by atoms with Gasteiger partial charge in [0.1, 0.15) is 0 Å². The van der Waals surface area contributed by atoms with Gasteiger partial charge in [-0.15, -0.1) is 0 Å². The maximum absolute atomic E-state index is 12.2. The van der Waals surface area contributed by atoms with Crippen molar-refractivity contribution in [1.29, 1.82) is 0 Å². The number of esters is 3. The lowest BCUT2D eigenvalue weighted by molar-refractivity contribution is -0.178. The molecule has 0 aliphatic heterocycles. The zero-order valence-electron chi connectivity index (χ0n) is 29.3. The normalized spacial score (nSPS) is 11.0. The molecule has 0 spiro atoms. The lowest BCUT2D eigenvalue weighted by Crippen LogP contribution is -2.45. The lowest BCUT2D eigenvalue weighted by atomic mass is 9.95. The first-order valence-electron chi connectivity index (χ1n) is 18.1. The predicted molar refractivity (Wildman–Crippen MR) is 179 cm³/mol. The van der Waals surface area contributed by atoms with Crippen LogP contribution in [-0.2, 0) is 33.4 Å². The molecule has 0 amide bonds. The minimum absolute atomic E-state index is 0.118. The van der Waals surface area contributed by atoms with Crippen molar-refractivity contribution in [2.24, 2.45) is 0 Å². The lowest BCUT2D eigenvalue weighted by Gasteiger charge is -2.24. The minimum Gasteiger partial charge on any atom is -0.481 e. The van der Waals surface area contributed by atoms with Crippen LogP contribution in [0.2, 0.25) is 0 Å². The number of rotatable bonds is 30. The van der Waals surface area contributed by atoms with Crippen molar-refractivity contribution >= 4 is 23.9 Å². The highest BCUT2D eigenvalue weighted by Crippen LogP contribution is 2.20. The van der Waals surface area contributed by atoms with E-state index in [1.54, 1.807) is 0 Å². The van der Waals surface area contributed by atoms with Crippen molar-refractivity contribution in [3.8, 4) is 0 Å². The Balaban J connectivity index is 0. The topological polar surface area (TPSA) is 136 Å². The van der Waals surface area contributed by atoms with Gasteiger partial charge in [-0.05, 0) is 25.7 Å². The number of carboxylic acids is 1. The van der Waals surface area contributed by atoms with Crippen LogP contribution in [0.1, 0.15) is 182 Å². The van der Waals surface area contributed by atoms with Crippen LogP contribution < -0.4 is 0 Å². The molecule has 0 aromatic carbocycles. The van der Waals surface area contributed by atoms with E-state index in [4.69, 9.17) is 19.3 Å². The molecule has 0 atom stereocenters. The summed E-state index contributed by atoms with van der Waals surface area (Å²) in [6.07, 6.45) is 23.4. The van der Waals surface area contributed by atoms with Gasteiger partial charge < -0.3 is 24.4 Å². The fourth-order valence-electron chi connectivity index (χ4n) is 4.54. The third kappa shape index (κ3) is 31.6. The number of hydrogen-bond acceptors (Lipinski definition) is 8. The molecule has 0 fully saturated rings. The second-order valence-corrected chi connectivity index (χ2v) is 12.1. The average Bonchev–Trinajstić information content (AvgIpc) is 2.99. The van der Waals surface area contributed by atoms with E-state index in [2.05, 4.69) is 6.92 Å². The first-order valence-corrected chi connectivity index (χ1v) is 18.1. The number of carbonyl (C=O) groups excluding carboxylic acids is 3. The summed E-state index contributed by atoms with van der Waals surface area (Å²) >= 11 is 0. The second kappa shape index (κ2) is 33.2. The molecule has 0 saturated carbocycles. The molecule has 0 aromatic heterocycles. The summed E-state index contributed by atoms with van der Waals surface area (Å²) in [6.45, 7) is 8.62. The molecule has 0 aliphatic rings. The van der Waals surface area contributed by atoms with Gasteiger partial charge in [-0.2, -0.15) is 0 Å². The van der Waals surface area contributed by atoms with Crippen molar-refractivity contribution in [2.45, 2.75) is 187 Å². The Kier molecular flexibility index (Phi) is 33.2. The zero-order chi connectivity index (χ0) is 34.0. The van der Waals surface area contributed by atoms with Gasteiger partial charge in [0.15, 0.2) is 5.60 Å². The van der Waals surface area contributed by atoms with Crippen LogP contribution in [-0.4, -0.2) is 59.5 Å². The van der Waals surface area contributed by atoms with E-state index in [0.717, 1.165) is 32.1 Å². The molecule has 0 radical (unpaired) electrons. The van der Waals surface area contributed by atoms with Gasteiger partial charge in [0.25, 0.3) is 0 Å². The van der Waals surface area contributed by atoms with Crippen LogP contribution in [0.25, 0.3) is 0 Å². The number of carboxylic acid groups (broad SMARTS) is 1. The van der Waals surface area contributed by atoms with Crippen molar-refractivity contribution in [1.82, 2.24) is 0 Å². The van der Waals surface area contributed by atoms with E-state index in [1.165, 1.54) is 83.5 Å². The Morgan fingerprint density at radius 2 is 0.778 bits per heavy atom. The smallest absolute Gasteiger partial charge is 0.339 e. The summed E-state index contributed by atoms with van der Waals surface area (Å²) < 4.78 is 14.9. The van der Waals surface area contributed by atoms with Gasteiger partial charge >= 0.3 is 23.9 Å². The van der Waals surface area contributed by atoms with E-state index in [1.807, 2.05) is 20.8 Å². The maximum Gasteiger partial charge on any atom is 0.339 e. The van der Waals surface area contributed by atoms with Crippen molar-refractivity contribution in [2.75, 3.05) is 19.8 Å². The van der Waals surface area contributed by atoms with E-state index in [9.17, 15) is 24.3 Å². The van der Waals surface area contributed by atoms with Crippen LogP contribution in [0, 0.1) is 0 Å². The van der Waals surface area contributed by atoms with Crippen molar-refractivity contribution < 1.29 is 43.6 Å². The molecule has 45 heavy (non-hydrogen) atoms. The molecule has 0 saturated heterocycles. The average molecular weight is 645 g/mol. The molecule has 0 aliphatic carbocycles. The Bertz CT molecular complexity index is 699. The monoisotopic (exact) mass is 644 g/mol. The van der Waals surface area contributed by atoms with Gasteiger partial charge in [-0.25, -0.2) is 4.79 Å². The van der Waals surface area contributed by atoms with Crippen LogP contribution in [0.4, 0.5) is 0 Å². The molecular weight excluding hydrogens is 576 g/mol. The third-order valence-corrected chi connectivity index (χ3v) is 7.50. The first-order chi connectivity index (χ1) is 21.7. The first kappa shape index (κ1) is 45.0. The SMILES string of the molecule is CCCCCCCCCCCCCCCCCC(=O)O.CCCCOC(=O)CC(O)(CC(=O)OCCCC)C(=O)OCCCC. The van der Waals surface area contributed by atoms with Gasteiger partial charge in [0.2, 0.25) is 0 Å². The summed E-state index contributed by atoms with van der Waals surface area (Å²) in [5, 5.41) is 19.1. The van der Waals surface area contributed by atoms with E-state index in [-0.39, 0.29) is 19.8 Å². The number of ether oxygens (including phenoxy) is 3. The van der Waals surface area contributed by atoms with Gasteiger partial charge in [-0.1, -0.05) is 137 Å². The molecule has 0 bridgehead atoms. The van der Waals surface area contributed by atoms with Gasteiger partial charge in [-0.3, -0.25) is 14.4 Å². The highest BCUT2D eigenvalue weighted by Gasteiger charge is 2.43. The maximum atomic E-state index is 12.2. The van der Waals surface area contributed by atoms with Crippen molar-refractivity contribution in [3.05, 3.63) is 0 Å². The molecule has 0 heterocycles. The Morgan fingerprint density at radius 3 is 1.11 bits per heavy atom. The second-order valence-electron chi connectivity index (χ2n) is 12.1. The highest BCUT2D eigenvalue weighted by atomic mass is 16.6. The molecule has 266 valence electrons. The largest absolute Gasteiger partial charge is 0.481 e. The van der Waals surface area contributed by atoms with Gasteiger partial charge in [0.05, 0.1) is 32.7 Å². The number of aliphatic carboxylic acids is 1. The van der Waals surface area contributed by atoms with Gasteiger partial charge in [0, 0.05) is 6.42 Å². The minimum atomic E-state index is -2.26. The zero-order valence-corrected chi connectivity index (χ0v) is 29.3. The summed E-state index contributed by atoms with van der Waals surface area (Å²) in [7, 11) is 0. The van der Waals surface area contributed by atoms with E-state index >= 15 is 0 Å². The van der Waals surface area contributed by atoms with Crippen LogP contribution >= 0.6 is 0 Å². The Hall–Kier alpha value is -2.16. The fraction of sp³-hybridized carbons (Fsp3) is 0.889. The summed E-state index contributed by atoms with van der Waals surface area (Å²) in [5.41, 5.74) is -2.26. The third-order valence-electron chi connectivity index (χ3n) is 7.50. The number of hydrogen-bond donors (Lipinski definition) is 2. The standard InChI is InChI=1S/C18H32O7.C18H36O2/c1-4-7-10-23-15(19)13-18(22,17(21)25-12-9-6-3)14-16(20)24-11-8-5-2;1-2-3-4-5-6-7-8-9-10-11-12-13-14-15-16-17-18(19)20/h22H,4-14H2,1-3H3;2-17H2,1H3,(H,19,20). The van der Waals surface area contributed by atoms with Crippen LogP contribution in [0.3, 0.4) is 0 Å². The Morgan fingerprint density at radius 1 is 0.467 bits per heavy atom. The summed E-state index contributed by atoms with van der Waals surface area (Å²) in [6, 6.07) is 0. The molecule has 9 heteroatoms.